The molecule has 1 saturated carbocycles. The van der Waals surface area contributed by atoms with Crippen LogP contribution in [0.3, 0.4) is 0 Å². The summed E-state index contributed by atoms with van der Waals surface area (Å²) >= 11 is 0. The summed E-state index contributed by atoms with van der Waals surface area (Å²) < 4.78 is 27.6. The van der Waals surface area contributed by atoms with Gasteiger partial charge in [0, 0.05) is 11.7 Å². The highest BCUT2D eigenvalue weighted by Crippen LogP contribution is 2.25. The number of likely N-dealkylation sites (N-methyl/N-ethyl adjacent to an activating group) is 1. The van der Waals surface area contributed by atoms with Crippen LogP contribution in [0.5, 0.6) is 0 Å². The number of hydrogen-bond acceptors (Lipinski definition) is 4. The van der Waals surface area contributed by atoms with Crippen LogP contribution in [-0.4, -0.2) is 38.4 Å². The Bertz CT molecular complexity index is 908. The molecule has 0 saturated heterocycles. The first-order chi connectivity index (χ1) is 13.4. The molecule has 3 rings (SSSR count). The van der Waals surface area contributed by atoms with Crippen LogP contribution in [-0.2, 0) is 14.8 Å². The predicted molar refractivity (Wildman–Crippen MR) is 111 cm³/mol. The Balaban J connectivity index is 1.82. The number of anilines is 1. The quantitative estimate of drug-likeness (QED) is 0.677. The van der Waals surface area contributed by atoms with E-state index in [4.69, 9.17) is 0 Å². The van der Waals surface area contributed by atoms with Gasteiger partial charge in [-0.05, 0) is 49.7 Å². The van der Waals surface area contributed by atoms with Crippen molar-refractivity contribution in [1.29, 1.82) is 0 Å². The highest BCUT2D eigenvalue weighted by Gasteiger charge is 2.29. The van der Waals surface area contributed by atoms with Crippen LogP contribution in [0.25, 0.3) is 0 Å². The van der Waals surface area contributed by atoms with E-state index in [0.29, 0.717) is 5.69 Å². The van der Waals surface area contributed by atoms with E-state index in [2.05, 4.69) is 14.9 Å². The van der Waals surface area contributed by atoms with Gasteiger partial charge >= 0.3 is 0 Å². The van der Waals surface area contributed by atoms with Gasteiger partial charge in [0.2, 0.25) is 15.9 Å². The van der Waals surface area contributed by atoms with Crippen molar-refractivity contribution < 1.29 is 13.2 Å². The molecule has 1 fully saturated rings. The van der Waals surface area contributed by atoms with Gasteiger partial charge in [0.05, 0.1) is 4.90 Å². The van der Waals surface area contributed by atoms with Gasteiger partial charge in [-0.15, -0.1) is 0 Å². The number of hydrogen-bond donors (Lipinski definition) is 2. The van der Waals surface area contributed by atoms with Gasteiger partial charge in [-0.3, -0.25) is 9.69 Å². The molecule has 0 bridgehead atoms. The fourth-order valence-electron chi connectivity index (χ4n) is 3.19. The minimum absolute atomic E-state index is 0.0355. The van der Waals surface area contributed by atoms with Crippen molar-refractivity contribution in [3.8, 4) is 0 Å². The molecule has 1 amide bonds. The Labute approximate surface area is 167 Å². The Morgan fingerprint density at radius 2 is 1.75 bits per heavy atom. The summed E-state index contributed by atoms with van der Waals surface area (Å²) in [5, 5.41) is 2.90. The van der Waals surface area contributed by atoms with Crippen LogP contribution >= 0.6 is 0 Å². The van der Waals surface area contributed by atoms with Crippen LogP contribution in [0.2, 0.25) is 0 Å². The molecule has 28 heavy (non-hydrogen) atoms. The van der Waals surface area contributed by atoms with Gasteiger partial charge in [0.25, 0.3) is 0 Å². The van der Waals surface area contributed by atoms with Crippen LogP contribution in [0.1, 0.15) is 38.3 Å². The summed E-state index contributed by atoms with van der Waals surface area (Å²) in [6, 6.07) is 15.6. The molecule has 0 spiro atoms. The number of rotatable bonds is 9. The first-order valence-electron chi connectivity index (χ1n) is 9.67. The van der Waals surface area contributed by atoms with Gasteiger partial charge in [-0.1, -0.05) is 50.2 Å². The van der Waals surface area contributed by atoms with E-state index in [-0.39, 0.29) is 16.8 Å². The molecule has 0 heterocycles. The lowest BCUT2D eigenvalue weighted by atomic mass is 10.0. The zero-order chi connectivity index (χ0) is 20.1. The van der Waals surface area contributed by atoms with Crippen molar-refractivity contribution in [3.05, 3.63) is 60.2 Å². The molecular formula is C21H27N3O3S. The van der Waals surface area contributed by atoms with E-state index in [1.807, 2.05) is 44.2 Å². The molecule has 1 atom stereocenters. The molecule has 0 aliphatic heterocycles. The smallest absolute Gasteiger partial charge is 0.246 e. The zero-order valence-corrected chi connectivity index (χ0v) is 17.1. The predicted octanol–water partition coefficient (Wildman–Crippen LogP) is 3.15. The van der Waals surface area contributed by atoms with Gasteiger partial charge in [0.1, 0.15) is 6.04 Å². The topological polar surface area (TPSA) is 78.5 Å². The SMILES string of the molecule is CCN(CC)C(C(=O)Nc1cccc(S(=O)(=O)NC2CC2)c1)c1ccccc1. The highest BCUT2D eigenvalue weighted by atomic mass is 32.2. The molecule has 6 nitrogen and oxygen atoms in total. The standard InChI is InChI=1S/C21H27N3O3S/c1-3-24(4-2)20(16-9-6-5-7-10-16)21(25)22-18-11-8-12-19(15-18)28(26,27)23-17-13-14-17/h5-12,15,17,20,23H,3-4,13-14H2,1-2H3,(H,22,25). The molecule has 7 heteroatoms. The van der Waals surface area contributed by atoms with Crippen molar-refractivity contribution in [2.75, 3.05) is 18.4 Å². The molecule has 1 aliphatic carbocycles. The molecule has 1 unspecified atom stereocenters. The Morgan fingerprint density at radius 1 is 1.07 bits per heavy atom. The third-order valence-electron chi connectivity index (χ3n) is 4.85. The van der Waals surface area contributed by atoms with Crippen molar-refractivity contribution in [2.45, 2.75) is 43.7 Å². The van der Waals surface area contributed by atoms with Gasteiger partial charge in [-0.2, -0.15) is 0 Å². The van der Waals surface area contributed by atoms with Crippen LogP contribution in [0, 0.1) is 0 Å². The van der Waals surface area contributed by atoms with Crippen molar-refractivity contribution in [2.24, 2.45) is 0 Å². The first-order valence-corrected chi connectivity index (χ1v) is 11.1. The van der Waals surface area contributed by atoms with Crippen LogP contribution in [0.4, 0.5) is 5.69 Å². The number of benzene rings is 2. The van der Waals surface area contributed by atoms with Crippen molar-refractivity contribution >= 4 is 21.6 Å². The molecular weight excluding hydrogens is 374 g/mol. The maximum absolute atomic E-state index is 13.1. The number of nitrogens with zero attached hydrogens (tertiary/aromatic N) is 1. The summed E-state index contributed by atoms with van der Waals surface area (Å²) in [7, 11) is -3.57. The second-order valence-corrected chi connectivity index (χ2v) is 8.66. The van der Waals surface area contributed by atoms with Gasteiger partial charge < -0.3 is 5.32 Å². The van der Waals surface area contributed by atoms with E-state index in [1.165, 1.54) is 6.07 Å². The molecule has 1 aliphatic rings. The van der Waals surface area contributed by atoms with Crippen LogP contribution in [0.15, 0.2) is 59.5 Å². The Hall–Kier alpha value is -2.22. The summed E-state index contributed by atoms with van der Waals surface area (Å²) in [5.74, 6) is -0.181. The third-order valence-corrected chi connectivity index (χ3v) is 6.37. The lowest BCUT2D eigenvalue weighted by molar-refractivity contribution is -0.121. The van der Waals surface area contributed by atoms with E-state index in [9.17, 15) is 13.2 Å². The maximum atomic E-state index is 13.1. The van der Waals surface area contributed by atoms with Crippen LogP contribution < -0.4 is 10.0 Å². The van der Waals surface area contributed by atoms with Gasteiger partial charge in [0.15, 0.2) is 0 Å². The summed E-state index contributed by atoms with van der Waals surface area (Å²) in [5.41, 5.74) is 1.37. The van der Waals surface area contributed by atoms with Crippen molar-refractivity contribution in [1.82, 2.24) is 9.62 Å². The van der Waals surface area contributed by atoms with E-state index < -0.39 is 16.1 Å². The second-order valence-electron chi connectivity index (χ2n) is 6.95. The third kappa shape index (κ3) is 4.98. The molecule has 0 aromatic heterocycles. The number of carbonyl (C=O) groups is 1. The number of carbonyl (C=O) groups excluding carboxylic acids is 1. The molecule has 150 valence electrons. The average Bonchev–Trinajstić information content (AvgIpc) is 3.50. The van der Waals surface area contributed by atoms with Gasteiger partial charge in [-0.25, -0.2) is 13.1 Å². The molecule has 2 aromatic carbocycles. The monoisotopic (exact) mass is 401 g/mol. The molecule has 0 radical (unpaired) electrons. The van der Waals surface area contributed by atoms with E-state index >= 15 is 0 Å². The Kier molecular flexibility index (Phi) is 6.49. The fraction of sp³-hybridized carbons (Fsp3) is 0.381. The maximum Gasteiger partial charge on any atom is 0.246 e. The van der Waals surface area contributed by atoms with E-state index in [1.54, 1.807) is 18.2 Å². The second kappa shape index (κ2) is 8.86. The van der Waals surface area contributed by atoms with Crippen molar-refractivity contribution in [3.63, 3.8) is 0 Å². The minimum Gasteiger partial charge on any atom is -0.324 e. The molecule has 2 N–H and O–H groups in total. The lowest BCUT2D eigenvalue weighted by Crippen LogP contribution is -2.37. The minimum atomic E-state index is -3.57. The summed E-state index contributed by atoms with van der Waals surface area (Å²) in [6.07, 6.45) is 1.75. The molecule has 2 aromatic rings. The Morgan fingerprint density at radius 3 is 2.36 bits per heavy atom. The number of amides is 1. The average molecular weight is 402 g/mol. The summed E-state index contributed by atoms with van der Waals surface area (Å²) in [6.45, 7) is 5.49. The van der Waals surface area contributed by atoms with E-state index in [0.717, 1.165) is 31.5 Å². The zero-order valence-electron chi connectivity index (χ0n) is 16.3. The highest BCUT2D eigenvalue weighted by molar-refractivity contribution is 7.89. The number of sulfonamides is 1. The lowest BCUT2D eigenvalue weighted by Gasteiger charge is -2.29. The fourth-order valence-corrected chi connectivity index (χ4v) is 4.54. The number of nitrogens with one attached hydrogen (secondary N) is 2. The normalized spacial score (nSPS) is 15.4. The summed E-state index contributed by atoms with van der Waals surface area (Å²) in [4.78, 5) is 15.3. The largest absolute Gasteiger partial charge is 0.324 e. The first kappa shape index (κ1) is 20.5.